The van der Waals surface area contributed by atoms with Gasteiger partial charge in [0.2, 0.25) is 5.91 Å². The largest absolute Gasteiger partial charge is 0.465 e. The summed E-state index contributed by atoms with van der Waals surface area (Å²) in [6, 6.07) is 2.20. The van der Waals surface area contributed by atoms with Crippen LogP contribution in [-0.2, 0) is 19.7 Å². The Morgan fingerprint density at radius 1 is 1.13 bits per heavy atom. The van der Waals surface area contributed by atoms with Crippen molar-refractivity contribution in [2.45, 2.75) is 96.1 Å². The number of amides is 1. The van der Waals surface area contributed by atoms with E-state index in [1.54, 1.807) is 0 Å². The predicted octanol–water partition coefficient (Wildman–Crippen LogP) is 5.70. The molecule has 6 heteroatoms. The minimum absolute atomic E-state index is 0.0488. The maximum absolute atomic E-state index is 14.0. The van der Waals surface area contributed by atoms with Gasteiger partial charge in [0.1, 0.15) is 4.88 Å². The molecule has 5 nitrogen and oxygen atoms in total. The number of rotatable bonds is 4. The number of hydrogen-bond acceptors (Lipinski definition) is 5. The van der Waals surface area contributed by atoms with Crippen LogP contribution in [-0.4, -0.2) is 37.2 Å². The van der Waals surface area contributed by atoms with Gasteiger partial charge in [-0.05, 0) is 68.8 Å². The summed E-state index contributed by atoms with van der Waals surface area (Å²) >= 11 is 1.47. The molecule has 0 atom stereocenters. The van der Waals surface area contributed by atoms with E-state index in [9.17, 15) is 9.59 Å². The van der Waals surface area contributed by atoms with Crippen LogP contribution in [0.3, 0.4) is 0 Å². The summed E-state index contributed by atoms with van der Waals surface area (Å²) in [6.07, 6.45) is 7.94. The summed E-state index contributed by atoms with van der Waals surface area (Å²) < 4.78 is 10.8. The highest BCUT2D eigenvalue weighted by Crippen LogP contribution is 2.46. The molecule has 1 aromatic rings. The summed E-state index contributed by atoms with van der Waals surface area (Å²) in [5.41, 5.74) is 0.740. The molecule has 1 spiro atoms. The second-order valence-corrected chi connectivity index (χ2v) is 12.0. The van der Waals surface area contributed by atoms with Crippen LogP contribution in [0.4, 0.5) is 5.69 Å². The second kappa shape index (κ2) is 8.51. The molecule has 0 bridgehead atoms. The molecule has 1 aliphatic heterocycles. The standard InChI is InChI=1S/C25H37NO4S/c1-16-6-8-17(9-7-16)22(27)26(18-10-12-25(13-11-18)15-30-25)19-14-20(24(2,3)4)31-21(19)23(28)29-5/h14,16-18H,6-13,15H2,1-5H3/t16-,17-,18-,25+. The Morgan fingerprint density at radius 2 is 1.74 bits per heavy atom. The highest BCUT2D eigenvalue weighted by molar-refractivity contribution is 7.14. The van der Waals surface area contributed by atoms with Gasteiger partial charge in [-0.25, -0.2) is 4.79 Å². The third-order valence-corrected chi connectivity index (χ3v) is 9.00. The van der Waals surface area contributed by atoms with Gasteiger partial charge in [0.15, 0.2) is 0 Å². The number of hydrogen-bond donors (Lipinski definition) is 0. The van der Waals surface area contributed by atoms with Gasteiger partial charge in [0.25, 0.3) is 0 Å². The molecule has 2 heterocycles. The fourth-order valence-electron chi connectivity index (χ4n) is 5.15. The molecule has 3 aliphatic rings. The summed E-state index contributed by atoms with van der Waals surface area (Å²) in [5.74, 6) is 0.599. The first kappa shape index (κ1) is 22.8. The van der Waals surface area contributed by atoms with E-state index >= 15 is 0 Å². The zero-order valence-electron chi connectivity index (χ0n) is 19.7. The zero-order valence-corrected chi connectivity index (χ0v) is 20.5. The van der Waals surface area contributed by atoms with Crippen molar-refractivity contribution in [2.75, 3.05) is 18.6 Å². The molecular weight excluding hydrogens is 410 g/mol. The Bertz CT molecular complexity index is 817. The highest BCUT2D eigenvalue weighted by Gasteiger charge is 2.49. The van der Waals surface area contributed by atoms with E-state index < -0.39 is 0 Å². The first-order valence-corrected chi connectivity index (χ1v) is 12.6. The van der Waals surface area contributed by atoms with Crippen LogP contribution < -0.4 is 4.90 Å². The Hall–Kier alpha value is -1.40. The van der Waals surface area contributed by atoms with E-state index in [1.165, 1.54) is 18.4 Å². The SMILES string of the molecule is COC(=O)c1sc(C(C)(C)C)cc1N(C(=O)[C@H]1CC[C@H](C)CC1)[C@H]1CC[C@@]2(CC1)CO2. The number of thiophene rings is 1. The predicted molar refractivity (Wildman–Crippen MR) is 124 cm³/mol. The molecule has 0 aromatic carbocycles. The molecule has 0 N–H and O–H groups in total. The fraction of sp³-hybridized carbons (Fsp3) is 0.760. The summed E-state index contributed by atoms with van der Waals surface area (Å²) in [4.78, 5) is 30.4. The molecule has 1 amide bonds. The number of carbonyl (C=O) groups is 2. The van der Waals surface area contributed by atoms with Crippen molar-refractivity contribution in [1.29, 1.82) is 0 Å². The molecule has 2 aliphatic carbocycles. The quantitative estimate of drug-likeness (QED) is 0.439. The Labute approximate surface area is 190 Å². The number of carbonyl (C=O) groups excluding carboxylic acids is 2. The molecule has 1 saturated heterocycles. The molecule has 4 rings (SSSR count). The van der Waals surface area contributed by atoms with Crippen molar-refractivity contribution >= 4 is 28.9 Å². The van der Waals surface area contributed by atoms with E-state index in [0.29, 0.717) is 10.8 Å². The van der Waals surface area contributed by atoms with Crippen LogP contribution in [0.15, 0.2) is 6.07 Å². The monoisotopic (exact) mass is 447 g/mol. The average Bonchev–Trinajstić information content (AvgIpc) is 3.33. The maximum atomic E-state index is 14.0. The maximum Gasteiger partial charge on any atom is 0.350 e. The van der Waals surface area contributed by atoms with E-state index in [4.69, 9.17) is 9.47 Å². The Kier molecular flexibility index (Phi) is 6.25. The minimum atomic E-state index is -0.344. The van der Waals surface area contributed by atoms with Crippen molar-refractivity contribution < 1.29 is 19.1 Å². The van der Waals surface area contributed by atoms with Crippen LogP contribution in [0.25, 0.3) is 0 Å². The topological polar surface area (TPSA) is 59.1 Å². The second-order valence-electron chi connectivity index (χ2n) is 10.9. The van der Waals surface area contributed by atoms with Crippen molar-refractivity contribution in [3.63, 3.8) is 0 Å². The fourth-order valence-corrected chi connectivity index (χ4v) is 6.27. The Balaban J connectivity index is 1.70. The molecule has 0 radical (unpaired) electrons. The number of epoxide rings is 1. The molecule has 0 unspecified atom stereocenters. The smallest absolute Gasteiger partial charge is 0.350 e. The summed E-state index contributed by atoms with van der Waals surface area (Å²) in [6.45, 7) is 9.57. The summed E-state index contributed by atoms with van der Waals surface area (Å²) in [5, 5.41) is 0. The zero-order chi connectivity index (χ0) is 22.4. The Morgan fingerprint density at radius 3 is 2.26 bits per heavy atom. The van der Waals surface area contributed by atoms with Crippen molar-refractivity contribution in [3.05, 3.63) is 15.8 Å². The number of ether oxygens (including phenoxy) is 2. The van der Waals surface area contributed by atoms with Crippen LogP contribution in [0, 0.1) is 11.8 Å². The van der Waals surface area contributed by atoms with Gasteiger partial charge in [-0.2, -0.15) is 0 Å². The molecular formula is C25H37NO4S. The lowest BCUT2D eigenvalue weighted by atomic mass is 9.80. The molecule has 3 fully saturated rings. The van der Waals surface area contributed by atoms with Gasteiger partial charge >= 0.3 is 5.97 Å². The van der Waals surface area contributed by atoms with E-state index in [0.717, 1.165) is 68.5 Å². The van der Waals surface area contributed by atoms with E-state index in [-0.39, 0.29) is 34.9 Å². The molecule has 172 valence electrons. The summed E-state index contributed by atoms with van der Waals surface area (Å²) in [7, 11) is 1.42. The van der Waals surface area contributed by atoms with Gasteiger partial charge in [-0.3, -0.25) is 4.79 Å². The lowest BCUT2D eigenvalue weighted by Gasteiger charge is -2.39. The molecule has 2 saturated carbocycles. The van der Waals surface area contributed by atoms with Crippen molar-refractivity contribution in [1.82, 2.24) is 0 Å². The third-order valence-electron chi connectivity index (χ3n) is 7.47. The first-order valence-electron chi connectivity index (χ1n) is 11.8. The number of anilines is 1. The van der Waals surface area contributed by atoms with Crippen molar-refractivity contribution in [3.8, 4) is 0 Å². The van der Waals surface area contributed by atoms with E-state index in [2.05, 4.69) is 33.8 Å². The van der Waals surface area contributed by atoms with Crippen LogP contribution in [0.1, 0.15) is 93.6 Å². The van der Waals surface area contributed by atoms with Gasteiger partial charge in [0.05, 0.1) is 25.0 Å². The minimum Gasteiger partial charge on any atom is -0.465 e. The van der Waals surface area contributed by atoms with Gasteiger partial charge in [-0.1, -0.05) is 27.7 Å². The average molecular weight is 448 g/mol. The van der Waals surface area contributed by atoms with Crippen LogP contribution >= 0.6 is 11.3 Å². The number of esters is 1. The van der Waals surface area contributed by atoms with Gasteiger partial charge in [0, 0.05) is 16.8 Å². The van der Waals surface area contributed by atoms with E-state index in [1.807, 2.05) is 4.90 Å². The lowest BCUT2D eigenvalue weighted by Crippen LogP contribution is -2.47. The van der Waals surface area contributed by atoms with Crippen molar-refractivity contribution in [2.24, 2.45) is 11.8 Å². The van der Waals surface area contributed by atoms with Gasteiger partial charge in [-0.15, -0.1) is 11.3 Å². The number of nitrogens with zero attached hydrogens (tertiary/aromatic N) is 1. The lowest BCUT2D eigenvalue weighted by molar-refractivity contribution is -0.124. The molecule has 1 aromatic heterocycles. The van der Waals surface area contributed by atoms with Gasteiger partial charge < -0.3 is 14.4 Å². The third kappa shape index (κ3) is 4.70. The highest BCUT2D eigenvalue weighted by atomic mass is 32.1. The first-order chi connectivity index (χ1) is 14.6. The normalized spacial score (nSPS) is 30.8. The number of methoxy groups -OCH3 is 1. The van der Waals surface area contributed by atoms with Crippen LogP contribution in [0.2, 0.25) is 0 Å². The molecule has 31 heavy (non-hydrogen) atoms. The van der Waals surface area contributed by atoms with Crippen LogP contribution in [0.5, 0.6) is 0 Å².